The zero-order valence-electron chi connectivity index (χ0n) is 10.6. The Labute approximate surface area is 103 Å². The highest BCUT2D eigenvalue weighted by Crippen LogP contribution is 2.35. The third-order valence-electron chi connectivity index (χ3n) is 3.60. The quantitative estimate of drug-likeness (QED) is 0.766. The number of aliphatic carboxylic acids is 1. The van der Waals surface area contributed by atoms with Crippen molar-refractivity contribution in [3.05, 3.63) is 0 Å². The van der Waals surface area contributed by atoms with Crippen LogP contribution in [0.15, 0.2) is 0 Å². The monoisotopic (exact) mass is 263 g/mol. The summed E-state index contributed by atoms with van der Waals surface area (Å²) in [5, 5.41) is 11.6. The molecule has 3 unspecified atom stereocenters. The number of rotatable bonds is 5. The highest BCUT2D eigenvalue weighted by Gasteiger charge is 2.54. The molecule has 0 bridgehead atoms. The predicted molar refractivity (Wildman–Crippen MR) is 65.7 cm³/mol. The van der Waals surface area contributed by atoms with E-state index in [9.17, 15) is 18.3 Å². The first kappa shape index (κ1) is 14.4. The number of nitrogens with one attached hydrogen (secondary N) is 1. The lowest BCUT2D eigenvalue weighted by Crippen LogP contribution is -2.61. The maximum Gasteiger partial charge on any atom is 0.325 e. The van der Waals surface area contributed by atoms with Crippen LogP contribution in [0.3, 0.4) is 0 Å². The van der Waals surface area contributed by atoms with Crippen LogP contribution in [0.5, 0.6) is 0 Å². The van der Waals surface area contributed by atoms with E-state index in [0.717, 1.165) is 12.7 Å². The van der Waals surface area contributed by atoms with Crippen molar-refractivity contribution in [3.63, 3.8) is 0 Å². The van der Waals surface area contributed by atoms with E-state index in [1.165, 1.54) is 0 Å². The van der Waals surface area contributed by atoms with Crippen molar-refractivity contribution in [3.8, 4) is 0 Å². The number of sulfone groups is 1. The molecule has 0 radical (unpaired) electrons. The first-order valence-corrected chi connectivity index (χ1v) is 7.89. The molecule has 0 aliphatic heterocycles. The van der Waals surface area contributed by atoms with Gasteiger partial charge in [-0.1, -0.05) is 6.92 Å². The second kappa shape index (κ2) is 4.94. The first-order chi connectivity index (χ1) is 7.74. The zero-order chi connectivity index (χ0) is 13.3. The van der Waals surface area contributed by atoms with Gasteiger partial charge in [-0.25, -0.2) is 8.42 Å². The molecule has 1 rings (SSSR count). The average Bonchev–Trinajstić information content (AvgIpc) is 2.62. The Morgan fingerprint density at radius 1 is 1.59 bits per heavy atom. The topological polar surface area (TPSA) is 83.5 Å². The summed E-state index contributed by atoms with van der Waals surface area (Å²) < 4.78 is 23.4. The van der Waals surface area contributed by atoms with Gasteiger partial charge < -0.3 is 5.11 Å². The van der Waals surface area contributed by atoms with E-state index < -0.39 is 26.6 Å². The van der Waals surface area contributed by atoms with Crippen LogP contribution in [0.4, 0.5) is 0 Å². The highest BCUT2D eigenvalue weighted by molar-refractivity contribution is 7.91. The van der Waals surface area contributed by atoms with Gasteiger partial charge in [0.05, 0.1) is 5.25 Å². The average molecular weight is 263 g/mol. The first-order valence-electron chi connectivity index (χ1n) is 5.94. The third kappa shape index (κ3) is 2.80. The minimum atomic E-state index is -3.35. The molecule has 0 aromatic carbocycles. The van der Waals surface area contributed by atoms with E-state index in [2.05, 4.69) is 5.32 Å². The second-order valence-electron chi connectivity index (χ2n) is 4.94. The number of hydrogen-bond donors (Lipinski definition) is 2. The Kier molecular flexibility index (Phi) is 4.19. The van der Waals surface area contributed by atoms with Crippen molar-refractivity contribution in [2.24, 2.45) is 0 Å². The van der Waals surface area contributed by atoms with Crippen LogP contribution in [0.1, 0.15) is 39.5 Å². The molecule has 0 amide bonds. The Balaban J connectivity index is 3.10. The van der Waals surface area contributed by atoms with Crippen LogP contribution in [0.2, 0.25) is 0 Å². The predicted octanol–water partition coefficient (Wildman–Crippen LogP) is 0.795. The largest absolute Gasteiger partial charge is 0.480 e. The molecule has 0 aromatic heterocycles. The minimum Gasteiger partial charge on any atom is -0.480 e. The molecule has 1 fully saturated rings. The van der Waals surface area contributed by atoms with Gasteiger partial charge in [0.25, 0.3) is 0 Å². The summed E-state index contributed by atoms with van der Waals surface area (Å²) in [6, 6.07) is -0.00606. The molecule has 0 aromatic rings. The minimum absolute atomic E-state index is 0.00606. The smallest absolute Gasteiger partial charge is 0.325 e. The Morgan fingerprint density at radius 3 is 2.59 bits per heavy atom. The molecule has 3 atom stereocenters. The van der Waals surface area contributed by atoms with Crippen LogP contribution in [0.25, 0.3) is 0 Å². The van der Waals surface area contributed by atoms with Crippen molar-refractivity contribution >= 4 is 15.8 Å². The van der Waals surface area contributed by atoms with Crippen molar-refractivity contribution in [2.45, 2.75) is 56.4 Å². The molecule has 0 saturated heterocycles. The molecule has 5 nitrogen and oxygen atoms in total. The molecular weight excluding hydrogens is 242 g/mol. The van der Waals surface area contributed by atoms with Crippen molar-refractivity contribution < 1.29 is 18.3 Å². The van der Waals surface area contributed by atoms with Gasteiger partial charge in [0, 0.05) is 12.3 Å². The van der Waals surface area contributed by atoms with Crippen molar-refractivity contribution in [1.82, 2.24) is 5.32 Å². The van der Waals surface area contributed by atoms with E-state index in [1.54, 1.807) is 0 Å². The SMILES string of the molecule is CCC(C)NC1(C(=O)O)CCCC1S(C)(=O)=O. The second-order valence-corrected chi connectivity index (χ2v) is 7.17. The summed E-state index contributed by atoms with van der Waals surface area (Å²) in [6.45, 7) is 3.82. The van der Waals surface area contributed by atoms with Gasteiger partial charge in [-0.15, -0.1) is 0 Å². The van der Waals surface area contributed by atoms with Crippen LogP contribution in [0, 0.1) is 0 Å². The Hall–Kier alpha value is -0.620. The van der Waals surface area contributed by atoms with Gasteiger partial charge in [0.1, 0.15) is 5.54 Å². The third-order valence-corrected chi connectivity index (χ3v) is 5.27. The molecule has 1 aliphatic rings. The summed E-state index contributed by atoms with van der Waals surface area (Å²) in [6.07, 6.45) is 3.33. The van der Waals surface area contributed by atoms with Gasteiger partial charge >= 0.3 is 5.97 Å². The van der Waals surface area contributed by atoms with Gasteiger partial charge in [-0.05, 0) is 32.6 Å². The maximum absolute atomic E-state index is 11.7. The molecule has 17 heavy (non-hydrogen) atoms. The summed E-state index contributed by atoms with van der Waals surface area (Å²) in [5.41, 5.74) is -1.30. The normalized spacial score (nSPS) is 31.4. The van der Waals surface area contributed by atoms with E-state index >= 15 is 0 Å². The van der Waals surface area contributed by atoms with Crippen molar-refractivity contribution in [2.75, 3.05) is 6.26 Å². The van der Waals surface area contributed by atoms with Gasteiger partial charge in [0.15, 0.2) is 9.84 Å². The molecule has 0 spiro atoms. The molecule has 1 saturated carbocycles. The summed E-state index contributed by atoms with van der Waals surface area (Å²) >= 11 is 0. The van der Waals surface area contributed by atoms with Gasteiger partial charge in [-0.2, -0.15) is 0 Å². The molecule has 0 heterocycles. The van der Waals surface area contributed by atoms with E-state index in [-0.39, 0.29) is 6.04 Å². The summed E-state index contributed by atoms with van der Waals surface area (Å²) in [5.74, 6) is -1.05. The summed E-state index contributed by atoms with van der Waals surface area (Å²) in [4.78, 5) is 11.5. The molecule has 6 heteroatoms. The maximum atomic E-state index is 11.7. The van der Waals surface area contributed by atoms with Crippen LogP contribution >= 0.6 is 0 Å². The van der Waals surface area contributed by atoms with Crippen LogP contribution in [-0.2, 0) is 14.6 Å². The van der Waals surface area contributed by atoms with Crippen LogP contribution < -0.4 is 5.32 Å². The number of carboxylic acids is 1. The van der Waals surface area contributed by atoms with Gasteiger partial charge in [-0.3, -0.25) is 10.1 Å². The number of carboxylic acid groups (broad SMARTS) is 1. The van der Waals surface area contributed by atoms with Gasteiger partial charge in [0.2, 0.25) is 0 Å². The summed E-state index contributed by atoms with van der Waals surface area (Å²) in [7, 11) is -3.35. The molecule has 2 N–H and O–H groups in total. The van der Waals surface area contributed by atoms with E-state index in [4.69, 9.17) is 0 Å². The fraction of sp³-hybridized carbons (Fsp3) is 0.909. The standard InChI is InChI=1S/C11H21NO4S/c1-4-8(2)12-11(10(13)14)7-5-6-9(11)17(3,15)16/h8-9,12H,4-7H2,1-3H3,(H,13,14). The zero-order valence-corrected chi connectivity index (χ0v) is 11.4. The Bertz CT molecular complexity index is 392. The van der Waals surface area contributed by atoms with E-state index in [1.807, 2.05) is 13.8 Å². The number of carbonyl (C=O) groups is 1. The molecule has 100 valence electrons. The number of hydrogen-bond acceptors (Lipinski definition) is 4. The lowest BCUT2D eigenvalue weighted by molar-refractivity contribution is -0.144. The molecule has 1 aliphatic carbocycles. The van der Waals surface area contributed by atoms with Crippen LogP contribution in [-0.4, -0.2) is 42.6 Å². The fourth-order valence-corrected chi connectivity index (χ4v) is 4.18. The molecular formula is C11H21NO4S. The lowest BCUT2D eigenvalue weighted by Gasteiger charge is -2.34. The highest BCUT2D eigenvalue weighted by atomic mass is 32.2. The van der Waals surface area contributed by atoms with E-state index in [0.29, 0.717) is 19.3 Å². The lowest BCUT2D eigenvalue weighted by atomic mass is 9.95. The Morgan fingerprint density at radius 2 is 2.18 bits per heavy atom. The fourth-order valence-electron chi connectivity index (χ4n) is 2.57. The van der Waals surface area contributed by atoms with Crippen molar-refractivity contribution in [1.29, 1.82) is 0 Å².